The number of carboxylic acids is 1. The third kappa shape index (κ3) is 1.56. The summed E-state index contributed by atoms with van der Waals surface area (Å²) in [5, 5.41) is 17.2. The normalized spacial score (nSPS) is 12.9. The molecule has 0 aliphatic carbocycles. The lowest BCUT2D eigenvalue weighted by molar-refractivity contribution is -0.138. The van der Waals surface area contributed by atoms with Gasteiger partial charge in [-0.3, -0.25) is 9.89 Å². The van der Waals surface area contributed by atoms with Crippen LogP contribution in [0.2, 0.25) is 0 Å². The first-order valence-corrected chi connectivity index (χ1v) is 5.33. The van der Waals surface area contributed by atoms with Crippen LogP contribution in [-0.2, 0) is 11.2 Å². The van der Waals surface area contributed by atoms with Crippen molar-refractivity contribution in [3.05, 3.63) is 29.5 Å². The first-order valence-electron chi connectivity index (χ1n) is 5.33. The minimum atomic E-state index is -0.825. The van der Waals surface area contributed by atoms with E-state index in [1.807, 2.05) is 25.1 Å². The number of benzene rings is 1. The molecule has 0 saturated heterocycles. The first kappa shape index (κ1) is 10.7. The molecule has 1 aromatic heterocycles. The fraction of sp³-hybridized carbons (Fsp3) is 0.333. The predicted molar refractivity (Wildman–Crippen MR) is 61.5 cm³/mol. The summed E-state index contributed by atoms with van der Waals surface area (Å²) >= 11 is 0. The van der Waals surface area contributed by atoms with Crippen LogP contribution in [0.5, 0.6) is 0 Å². The first-order chi connectivity index (χ1) is 7.65. The summed E-state index contributed by atoms with van der Waals surface area (Å²) in [4.78, 5) is 11.0. The summed E-state index contributed by atoms with van der Waals surface area (Å²) in [6.45, 7) is 3.72. The van der Waals surface area contributed by atoms with Crippen molar-refractivity contribution in [2.45, 2.75) is 26.2 Å². The topological polar surface area (TPSA) is 66.0 Å². The number of aliphatic carboxylic acids is 1. The van der Waals surface area contributed by atoms with Gasteiger partial charge < -0.3 is 5.11 Å². The highest BCUT2D eigenvalue weighted by molar-refractivity contribution is 5.89. The molecule has 2 rings (SSSR count). The van der Waals surface area contributed by atoms with E-state index in [4.69, 9.17) is 5.11 Å². The highest BCUT2D eigenvalue weighted by Gasteiger charge is 2.18. The van der Waals surface area contributed by atoms with Crippen LogP contribution in [0.4, 0.5) is 0 Å². The van der Waals surface area contributed by atoms with Crippen LogP contribution in [0.3, 0.4) is 0 Å². The van der Waals surface area contributed by atoms with Crippen LogP contribution in [0.25, 0.3) is 10.9 Å². The molecule has 0 aliphatic rings. The van der Waals surface area contributed by atoms with Gasteiger partial charge in [-0.2, -0.15) is 5.10 Å². The maximum Gasteiger partial charge on any atom is 0.310 e. The van der Waals surface area contributed by atoms with Gasteiger partial charge in [-0.25, -0.2) is 0 Å². The van der Waals surface area contributed by atoms with Crippen molar-refractivity contribution < 1.29 is 9.90 Å². The summed E-state index contributed by atoms with van der Waals surface area (Å²) in [6, 6.07) is 5.67. The molecule has 2 N–H and O–H groups in total. The molecule has 0 saturated carbocycles. The number of nitrogens with zero attached hydrogens (tertiary/aromatic N) is 1. The number of carbonyl (C=O) groups is 1. The second kappa shape index (κ2) is 3.96. The van der Waals surface area contributed by atoms with Gasteiger partial charge in [0.1, 0.15) is 0 Å². The number of rotatable bonds is 3. The highest BCUT2D eigenvalue weighted by atomic mass is 16.4. The number of fused-ring (bicyclic) bond motifs is 1. The van der Waals surface area contributed by atoms with Crippen molar-refractivity contribution in [3.8, 4) is 0 Å². The minimum absolute atomic E-state index is 0.531. The molecular weight excluding hydrogens is 204 g/mol. The summed E-state index contributed by atoms with van der Waals surface area (Å²) < 4.78 is 0. The quantitative estimate of drug-likeness (QED) is 0.830. The van der Waals surface area contributed by atoms with E-state index in [0.29, 0.717) is 0 Å². The predicted octanol–water partition coefficient (Wildman–Crippen LogP) is 2.31. The lowest BCUT2D eigenvalue weighted by atomic mass is 9.98. The van der Waals surface area contributed by atoms with E-state index in [9.17, 15) is 4.79 Å². The van der Waals surface area contributed by atoms with Gasteiger partial charge in [-0.1, -0.05) is 25.1 Å². The molecular formula is C12H14N2O2. The number of aromatic nitrogens is 2. The van der Waals surface area contributed by atoms with E-state index >= 15 is 0 Å². The molecule has 16 heavy (non-hydrogen) atoms. The second-order valence-corrected chi connectivity index (χ2v) is 3.86. The van der Waals surface area contributed by atoms with Gasteiger partial charge in [0.15, 0.2) is 0 Å². The van der Waals surface area contributed by atoms with Crippen LogP contribution in [0.1, 0.15) is 31.0 Å². The number of para-hydroxylation sites is 1. The number of carboxylic acid groups (broad SMARTS) is 1. The standard InChI is InChI=1S/C12H14N2O2/c1-3-10-9-6-4-5-8(7(2)12(15)16)11(9)14-13-10/h4-7H,3H2,1-2H3,(H,13,14)(H,15,16). The molecule has 0 bridgehead atoms. The molecule has 1 heterocycles. The Morgan fingerprint density at radius 3 is 2.94 bits per heavy atom. The molecule has 0 aliphatic heterocycles. The number of hydrogen-bond donors (Lipinski definition) is 2. The van der Waals surface area contributed by atoms with Gasteiger partial charge in [0.05, 0.1) is 11.4 Å². The molecule has 1 aromatic carbocycles. The Labute approximate surface area is 93.3 Å². The second-order valence-electron chi connectivity index (χ2n) is 3.86. The largest absolute Gasteiger partial charge is 0.481 e. The van der Waals surface area contributed by atoms with Crippen LogP contribution < -0.4 is 0 Å². The van der Waals surface area contributed by atoms with Gasteiger partial charge in [0, 0.05) is 11.1 Å². The lowest BCUT2D eigenvalue weighted by Crippen LogP contribution is -2.07. The zero-order valence-electron chi connectivity index (χ0n) is 9.32. The molecule has 4 nitrogen and oxygen atoms in total. The number of nitrogens with one attached hydrogen (secondary N) is 1. The van der Waals surface area contributed by atoms with Gasteiger partial charge in [0.2, 0.25) is 0 Å². The smallest absolute Gasteiger partial charge is 0.310 e. The molecule has 0 amide bonds. The summed E-state index contributed by atoms with van der Waals surface area (Å²) in [6.07, 6.45) is 0.863. The molecule has 1 unspecified atom stereocenters. The molecule has 1 atom stereocenters. The maximum absolute atomic E-state index is 11.0. The van der Waals surface area contributed by atoms with Crippen LogP contribution >= 0.6 is 0 Å². The van der Waals surface area contributed by atoms with E-state index in [2.05, 4.69) is 10.2 Å². The number of hydrogen-bond acceptors (Lipinski definition) is 2. The Hall–Kier alpha value is -1.84. The summed E-state index contributed by atoms with van der Waals surface area (Å²) in [5.41, 5.74) is 2.59. The van der Waals surface area contributed by atoms with E-state index in [0.717, 1.165) is 28.6 Å². The Morgan fingerprint density at radius 1 is 1.56 bits per heavy atom. The molecule has 4 heteroatoms. The SMILES string of the molecule is CCc1[nH]nc2c(C(C)C(=O)O)cccc12. The van der Waals surface area contributed by atoms with E-state index < -0.39 is 11.9 Å². The monoisotopic (exact) mass is 218 g/mol. The van der Waals surface area contributed by atoms with E-state index in [1.165, 1.54) is 0 Å². The highest BCUT2D eigenvalue weighted by Crippen LogP contribution is 2.26. The maximum atomic E-state index is 11.0. The van der Waals surface area contributed by atoms with Gasteiger partial charge in [-0.05, 0) is 18.9 Å². The Morgan fingerprint density at radius 2 is 2.31 bits per heavy atom. The molecule has 0 fully saturated rings. The van der Waals surface area contributed by atoms with Gasteiger partial charge in [-0.15, -0.1) is 0 Å². The number of H-pyrrole nitrogens is 1. The molecule has 2 aromatic rings. The lowest BCUT2D eigenvalue weighted by Gasteiger charge is -2.06. The van der Waals surface area contributed by atoms with Crippen molar-refractivity contribution in [2.75, 3.05) is 0 Å². The van der Waals surface area contributed by atoms with E-state index in [-0.39, 0.29) is 0 Å². The summed E-state index contributed by atoms with van der Waals surface area (Å²) in [5.74, 6) is -1.36. The third-order valence-corrected chi connectivity index (χ3v) is 2.89. The van der Waals surface area contributed by atoms with E-state index in [1.54, 1.807) is 6.92 Å². The van der Waals surface area contributed by atoms with Crippen molar-refractivity contribution in [2.24, 2.45) is 0 Å². The Kier molecular flexibility index (Phi) is 2.64. The third-order valence-electron chi connectivity index (χ3n) is 2.89. The average Bonchev–Trinajstić information content (AvgIpc) is 2.70. The Bertz CT molecular complexity index is 531. The van der Waals surface area contributed by atoms with Crippen molar-refractivity contribution in [1.29, 1.82) is 0 Å². The van der Waals surface area contributed by atoms with Crippen molar-refractivity contribution >= 4 is 16.9 Å². The van der Waals surface area contributed by atoms with Crippen LogP contribution in [0, 0.1) is 0 Å². The number of aromatic amines is 1. The minimum Gasteiger partial charge on any atom is -0.481 e. The van der Waals surface area contributed by atoms with Crippen molar-refractivity contribution in [3.63, 3.8) is 0 Å². The number of aryl methyl sites for hydroxylation is 1. The van der Waals surface area contributed by atoms with Crippen LogP contribution in [0.15, 0.2) is 18.2 Å². The Balaban J connectivity index is 2.63. The fourth-order valence-electron chi connectivity index (χ4n) is 1.87. The molecule has 0 spiro atoms. The van der Waals surface area contributed by atoms with Crippen LogP contribution in [-0.4, -0.2) is 21.3 Å². The summed E-state index contributed by atoms with van der Waals surface area (Å²) in [7, 11) is 0. The van der Waals surface area contributed by atoms with Gasteiger partial charge >= 0.3 is 5.97 Å². The zero-order chi connectivity index (χ0) is 11.7. The molecule has 0 radical (unpaired) electrons. The van der Waals surface area contributed by atoms with Crippen molar-refractivity contribution in [1.82, 2.24) is 10.2 Å². The average molecular weight is 218 g/mol. The fourth-order valence-corrected chi connectivity index (χ4v) is 1.87. The zero-order valence-corrected chi connectivity index (χ0v) is 9.32. The van der Waals surface area contributed by atoms with Gasteiger partial charge in [0.25, 0.3) is 0 Å². The molecule has 84 valence electrons.